The second kappa shape index (κ2) is 28.6. The lowest BCUT2D eigenvalue weighted by Gasteiger charge is -2.47. The van der Waals surface area contributed by atoms with Gasteiger partial charge < -0.3 is 23.7 Å². The van der Waals surface area contributed by atoms with Crippen LogP contribution in [0.5, 0.6) is 23.0 Å². The zero-order valence-corrected chi connectivity index (χ0v) is 65.8. The van der Waals surface area contributed by atoms with Gasteiger partial charge in [-0.05, 0) is 177 Å². The van der Waals surface area contributed by atoms with E-state index in [2.05, 4.69) is 447 Å². The average Bonchev–Trinajstić information content (AvgIpc) is 0.972. The molecule has 0 bridgehead atoms. The van der Waals surface area contributed by atoms with Gasteiger partial charge in [0.1, 0.15) is 34.2 Å². The van der Waals surface area contributed by atoms with Crippen LogP contribution in [0.15, 0.2) is 441 Å². The Hall–Kier alpha value is -15.7. The van der Waals surface area contributed by atoms with Gasteiger partial charge in [-0.15, -0.1) is 0 Å². The molecule has 0 saturated carbocycles. The van der Waals surface area contributed by atoms with Gasteiger partial charge in [-0.1, -0.05) is 370 Å². The summed E-state index contributed by atoms with van der Waals surface area (Å²) in [6, 6.07) is 161. The molecule has 121 heavy (non-hydrogen) atoms. The molecule has 5 heterocycles. The molecule has 4 aliphatic heterocycles. The Labute approximate surface area is 703 Å². The monoisotopic (exact) mass is 1540 g/mol. The smallest absolute Gasteiger partial charge is 0.260 e. The Morgan fingerprint density at radius 1 is 0.190 bits per heavy atom. The quantitative estimate of drug-likeness (QED) is 0.108. The zero-order chi connectivity index (χ0) is 79.6. The first-order chi connectivity index (χ1) is 60.0. The van der Waals surface area contributed by atoms with Crippen LogP contribution in [-0.4, -0.2) is 13.4 Å². The lowest BCUT2D eigenvalue weighted by atomic mass is 9.30. The molecule has 0 aliphatic carbocycles. The van der Waals surface area contributed by atoms with E-state index in [1.54, 1.807) is 0 Å². The van der Waals surface area contributed by atoms with Gasteiger partial charge in [0, 0.05) is 78.4 Å². The predicted molar refractivity (Wildman–Crippen MR) is 505 cm³/mol. The Kier molecular flexibility index (Phi) is 16.4. The number of anilines is 6. The molecule has 4 aliphatic rings. The minimum atomic E-state index is -0.505. The van der Waals surface area contributed by atoms with Gasteiger partial charge in [0.25, 0.3) is 13.4 Å². The first-order valence-corrected chi connectivity index (χ1v) is 41.6. The van der Waals surface area contributed by atoms with Crippen LogP contribution in [0.2, 0.25) is 0 Å². The molecule has 0 saturated heterocycles. The van der Waals surface area contributed by atoms with Crippen LogP contribution in [0.4, 0.5) is 34.1 Å². The number of ether oxygens (including phenoxy) is 2. The van der Waals surface area contributed by atoms with Gasteiger partial charge in [-0.25, -0.2) is 0 Å². The van der Waals surface area contributed by atoms with Gasteiger partial charge in [0.05, 0.1) is 11.4 Å². The molecular formula is C114H72B2N2O3. The van der Waals surface area contributed by atoms with Gasteiger partial charge >= 0.3 is 0 Å². The lowest BCUT2D eigenvalue weighted by molar-refractivity contribution is 0.468. The molecule has 20 aromatic rings. The highest BCUT2D eigenvalue weighted by Gasteiger charge is 2.52. The molecule has 7 heteroatoms. The molecule has 19 aromatic carbocycles. The third-order valence-electron chi connectivity index (χ3n) is 25.1. The van der Waals surface area contributed by atoms with Crippen molar-refractivity contribution in [3.63, 3.8) is 0 Å². The van der Waals surface area contributed by atoms with E-state index in [4.69, 9.17) is 13.9 Å². The molecule has 0 N–H and O–H groups in total. The van der Waals surface area contributed by atoms with Crippen molar-refractivity contribution in [2.45, 2.75) is 0 Å². The van der Waals surface area contributed by atoms with E-state index in [1.165, 1.54) is 0 Å². The van der Waals surface area contributed by atoms with Crippen molar-refractivity contribution in [1.29, 1.82) is 0 Å². The minimum Gasteiger partial charge on any atom is -0.459 e. The van der Waals surface area contributed by atoms with Crippen molar-refractivity contribution in [1.82, 2.24) is 0 Å². The SMILES string of the molecule is c1ccc(-c2ccc3c(c2)B2c4cc(-c5ccccc5)cc(-c5cccc6c5oc5ccccc56)c4Oc4cc5c(c(c42)O3)B2c3ccc(-c4ccccc4)cc3N(c3c(-c4ccccc4)cc(-c4ccccc4)cc3-c3ccccc3)c3cc(-c4ccccc4)cc(c32)N5c2c(-c3ccccc3)cc(-c3ccccc3)cc2-c2ccccc2)cc1. The number of furan rings is 1. The van der Waals surface area contributed by atoms with E-state index in [0.29, 0.717) is 5.75 Å². The van der Waals surface area contributed by atoms with Crippen LogP contribution in [0.3, 0.4) is 0 Å². The second-order valence-electron chi connectivity index (χ2n) is 32.0. The summed E-state index contributed by atoms with van der Waals surface area (Å²) in [7, 11) is 0. The largest absolute Gasteiger partial charge is 0.459 e. The topological polar surface area (TPSA) is 38.1 Å². The van der Waals surface area contributed by atoms with Crippen molar-refractivity contribution in [3.05, 3.63) is 437 Å². The zero-order valence-electron chi connectivity index (χ0n) is 65.8. The van der Waals surface area contributed by atoms with Crippen LogP contribution in [0, 0.1) is 0 Å². The van der Waals surface area contributed by atoms with Crippen LogP contribution in [-0.2, 0) is 0 Å². The maximum absolute atomic E-state index is 8.34. The van der Waals surface area contributed by atoms with Crippen LogP contribution >= 0.6 is 0 Å². The number of rotatable bonds is 13. The van der Waals surface area contributed by atoms with E-state index in [1.807, 2.05) is 0 Å². The Morgan fingerprint density at radius 2 is 0.545 bits per heavy atom. The van der Waals surface area contributed by atoms with Crippen molar-refractivity contribution in [2.75, 3.05) is 9.80 Å². The minimum absolute atomic E-state index is 0.451. The molecule has 0 radical (unpaired) electrons. The maximum Gasteiger partial charge on any atom is 0.260 e. The van der Waals surface area contributed by atoms with Crippen molar-refractivity contribution in [3.8, 4) is 145 Å². The Morgan fingerprint density at radius 3 is 1.02 bits per heavy atom. The van der Waals surface area contributed by atoms with E-state index >= 15 is 0 Å². The van der Waals surface area contributed by atoms with E-state index < -0.39 is 13.4 Å². The molecule has 0 atom stereocenters. The van der Waals surface area contributed by atoms with Crippen molar-refractivity contribution >= 4 is 102 Å². The summed E-state index contributed by atoms with van der Waals surface area (Å²) in [5.74, 6) is 2.97. The summed E-state index contributed by atoms with van der Waals surface area (Å²) < 4.78 is 23.8. The third-order valence-corrected chi connectivity index (χ3v) is 25.1. The second-order valence-corrected chi connectivity index (χ2v) is 32.0. The fraction of sp³-hybridized carbons (Fsp3) is 0. The van der Waals surface area contributed by atoms with Crippen LogP contribution in [0.1, 0.15) is 0 Å². The van der Waals surface area contributed by atoms with E-state index in [0.717, 1.165) is 228 Å². The molecule has 24 rings (SSSR count). The van der Waals surface area contributed by atoms with E-state index in [-0.39, 0.29) is 0 Å². The lowest BCUT2D eigenvalue weighted by Crippen LogP contribution is -2.65. The fourth-order valence-corrected chi connectivity index (χ4v) is 19.7. The number of fused-ring (bicyclic) bond motifs is 12. The van der Waals surface area contributed by atoms with Crippen molar-refractivity contribution in [2.24, 2.45) is 0 Å². The van der Waals surface area contributed by atoms with Gasteiger partial charge in [-0.3, -0.25) is 0 Å². The molecule has 0 amide bonds. The van der Waals surface area contributed by atoms with Crippen molar-refractivity contribution < 1.29 is 13.9 Å². The molecule has 0 spiro atoms. The average molecular weight is 1540 g/mol. The molecule has 0 unspecified atom stereocenters. The summed E-state index contributed by atoms with van der Waals surface area (Å²) in [5, 5.41) is 2.09. The summed E-state index contributed by atoms with van der Waals surface area (Å²) in [6.45, 7) is -0.956. The number of nitrogens with zero attached hydrogens (tertiary/aromatic N) is 2. The van der Waals surface area contributed by atoms with Gasteiger partial charge in [0.15, 0.2) is 0 Å². The number of hydrogen-bond acceptors (Lipinski definition) is 5. The van der Waals surface area contributed by atoms with Gasteiger partial charge in [-0.2, -0.15) is 0 Å². The highest BCUT2D eigenvalue weighted by atomic mass is 16.5. The first kappa shape index (κ1) is 69.6. The molecule has 562 valence electrons. The standard InChI is InChI=1S/C114H72B2N2O3/c1-11-34-73(35-12-1)83-59-61-105-98(67-83)115-99-68-87(77-42-19-5-20-43-77)66-96(91-56-33-55-90-89-54-31-32-57-104(89)119-112(90)91)113(99)121-106-72-103-108(114(120-105)109(106)115)116-97-60-58-84(74-36-13-2-14-37-74)69-100(97)117(110-92(79-46-23-7-24-47-79)62-85(75-38-15-3-16-39-75)63-93(110)80-48-25-8-26-49-80)101-70-88(78-44-21-6-22-45-78)71-102(107(101)116)118(103)111-94(81-50-27-9-28-51-81)64-86(76-40-17-4-18-41-76)65-95(111)82-52-29-10-30-53-82/h1-72H. The molecule has 1 aromatic heterocycles. The Bertz CT molecular complexity index is 7360. The fourth-order valence-electron chi connectivity index (χ4n) is 19.7. The van der Waals surface area contributed by atoms with Crippen LogP contribution < -0.4 is 52.1 Å². The predicted octanol–water partition coefficient (Wildman–Crippen LogP) is 26.7. The third kappa shape index (κ3) is 11.6. The number of benzene rings is 19. The molecular weight excluding hydrogens is 1470 g/mol. The normalized spacial score (nSPS) is 12.5. The number of hydrogen-bond donors (Lipinski definition) is 0. The Balaban J connectivity index is 0.885. The summed E-state index contributed by atoms with van der Waals surface area (Å²) >= 11 is 0. The summed E-state index contributed by atoms with van der Waals surface area (Å²) in [6.07, 6.45) is 0. The molecule has 5 nitrogen and oxygen atoms in total. The number of para-hydroxylation sites is 2. The molecule has 0 fully saturated rings. The first-order valence-electron chi connectivity index (χ1n) is 41.6. The highest BCUT2D eigenvalue weighted by molar-refractivity contribution is 7.03. The van der Waals surface area contributed by atoms with Gasteiger partial charge in [0.2, 0.25) is 0 Å². The highest BCUT2D eigenvalue weighted by Crippen LogP contribution is 2.58. The summed E-state index contributed by atoms with van der Waals surface area (Å²) in [5.41, 5.74) is 37.4. The van der Waals surface area contributed by atoms with Crippen LogP contribution in [0.25, 0.3) is 144 Å². The maximum atomic E-state index is 8.34. The summed E-state index contributed by atoms with van der Waals surface area (Å²) in [4.78, 5) is 5.31. The van der Waals surface area contributed by atoms with E-state index in [9.17, 15) is 0 Å².